The van der Waals surface area contributed by atoms with E-state index >= 15 is 0 Å². The molecule has 1 aliphatic rings. The van der Waals surface area contributed by atoms with Gasteiger partial charge in [0.1, 0.15) is 22.8 Å². The predicted molar refractivity (Wildman–Crippen MR) is 155 cm³/mol. The summed E-state index contributed by atoms with van der Waals surface area (Å²) in [7, 11) is 1.93. The monoisotopic (exact) mass is 580 g/mol. The highest BCUT2D eigenvalue weighted by Gasteiger charge is 2.38. The van der Waals surface area contributed by atoms with Gasteiger partial charge in [-0.1, -0.05) is 47.5 Å². The summed E-state index contributed by atoms with van der Waals surface area (Å²) in [5.41, 5.74) is 0.286. The second-order valence-corrected chi connectivity index (χ2v) is 12.1. The number of aliphatic hydroxyl groups is 1. The Morgan fingerprint density at radius 2 is 1.93 bits per heavy atom. The highest BCUT2D eigenvalue weighted by molar-refractivity contribution is 7.09. The number of nitrogens with one attached hydrogen (secondary N) is 1. The number of likely N-dealkylation sites (N-methyl/N-ethyl adjacent to an activating group) is 1. The quantitative estimate of drug-likeness (QED) is 0.181. The molecule has 0 radical (unpaired) electrons. The number of piperidine rings is 1. The van der Waals surface area contributed by atoms with E-state index in [9.17, 15) is 24.3 Å². The van der Waals surface area contributed by atoms with Gasteiger partial charge in [-0.15, -0.1) is 11.3 Å². The fourth-order valence-electron chi connectivity index (χ4n) is 4.95. The number of amides is 2. The fourth-order valence-corrected chi connectivity index (χ4v) is 5.80. The molecule has 40 heavy (non-hydrogen) atoms. The lowest BCUT2D eigenvalue weighted by Crippen LogP contribution is -2.59. The van der Waals surface area contributed by atoms with Gasteiger partial charge in [0.25, 0.3) is 0 Å². The molecule has 2 heterocycles. The molecular formula is C29H48N4O6S. The number of Topliss-reactive ketones (excluding diaryl/α,β-unsaturated/α-hetero) is 1. The number of ketones is 1. The van der Waals surface area contributed by atoms with E-state index < -0.39 is 24.2 Å². The summed E-state index contributed by atoms with van der Waals surface area (Å²) in [6.07, 6.45) is 3.33. The van der Waals surface area contributed by atoms with Gasteiger partial charge in [0.05, 0.1) is 6.04 Å². The first kappa shape index (κ1) is 33.8. The molecule has 1 aliphatic heterocycles. The fraction of sp³-hybridized carbons (Fsp3) is 0.759. The zero-order valence-corrected chi connectivity index (χ0v) is 26.0. The molecule has 0 bridgehead atoms. The van der Waals surface area contributed by atoms with Crippen LogP contribution >= 0.6 is 11.3 Å². The molecule has 1 aromatic rings. The molecule has 226 valence electrons. The molecular weight excluding hydrogens is 532 g/mol. The largest absolute Gasteiger partial charge is 0.444 e. The SMILES string of the molecule is CCCC(=O)OCN(C(=O)[C@@H](NC(=O)[C@H]1CCCCN1C)C(C)CC)[C@H](C[C@@H](O)c1nc(C(C)=O)cs1)C(C)C. The number of likely N-dealkylation sites (tertiary alicyclic amines) is 1. The van der Waals surface area contributed by atoms with Gasteiger partial charge in [0, 0.05) is 31.2 Å². The second kappa shape index (κ2) is 16.2. The van der Waals surface area contributed by atoms with Crippen LogP contribution in [0, 0.1) is 11.8 Å². The summed E-state index contributed by atoms with van der Waals surface area (Å²) in [6.45, 7) is 11.6. The topological polar surface area (TPSA) is 129 Å². The Balaban J connectivity index is 2.37. The van der Waals surface area contributed by atoms with Gasteiger partial charge in [0.15, 0.2) is 12.5 Å². The molecule has 5 atom stereocenters. The van der Waals surface area contributed by atoms with Crippen LogP contribution < -0.4 is 5.32 Å². The van der Waals surface area contributed by atoms with Crippen molar-refractivity contribution < 1.29 is 29.0 Å². The van der Waals surface area contributed by atoms with Crippen LogP contribution in [0.2, 0.25) is 0 Å². The summed E-state index contributed by atoms with van der Waals surface area (Å²) in [5, 5.41) is 16.1. The Kier molecular flexibility index (Phi) is 13.7. The zero-order valence-electron chi connectivity index (χ0n) is 25.1. The van der Waals surface area contributed by atoms with Crippen molar-refractivity contribution >= 4 is 34.9 Å². The van der Waals surface area contributed by atoms with E-state index in [-0.39, 0.29) is 60.7 Å². The zero-order chi connectivity index (χ0) is 30.0. The highest BCUT2D eigenvalue weighted by atomic mass is 32.1. The molecule has 1 unspecified atom stereocenters. The van der Waals surface area contributed by atoms with E-state index in [1.54, 1.807) is 5.38 Å². The van der Waals surface area contributed by atoms with E-state index in [2.05, 4.69) is 10.3 Å². The van der Waals surface area contributed by atoms with Crippen LogP contribution in [-0.2, 0) is 19.1 Å². The molecule has 2 amide bonds. The van der Waals surface area contributed by atoms with Crippen molar-refractivity contribution in [2.45, 2.75) is 111 Å². The Bertz CT molecular complexity index is 999. The van der Waals surface area contributed by atoms with Crippen LogP contribution in [0.5, 0.6) is 0 Å². The molecule has 2 rings (SSSR count). The number of ether oxygens (including phenoxy) is 1. The third-order valence-corrected chi connectivity index (χ3v) is 8.70. The second-order valence-electron chi connectivity index (χ2n) is 11.3. The average molecular weight is 581 g/mol. The number of esters is 1. The third-order valence-electron chi connectivity index (χ3n) is 7.75. The number of aliphatic hydroxyl groups excluding tert-OH is 1. The summed E-state index contributed by atoms with van der Waals surface area (Å²) in [4.78, 5) is 59.4. The number of thiazole rings is 1. The third kappa shape index (κ3) is 9.34. The maximum absolute atomic E-state index is 14.2. The Labute approximate surface area is 242 Å². The minimum atomic E-state index is -1.03. The summed E-state index contributed by atoms with van der Waals surface area (Å²) in [5.74, 6) is -1.42. The number of aromatic nitrogens is 1. The number of carbonyl (C=O) groups is 4. The molecule has 0 saturated carbocycles. The molecule has 10 nitrogen and oxygen atoms in total. The van der Waals surface area contributed by atoms with Crippen molar-refractivity contribution in [3.05, 3.63) is 16.1 Å². The molecule has 2 N–H and O–H groups in total. The lowest BCUT2D eigenvalue weighted by atomic mass is 9.92. The van der Waals surface area contributed by atoms with E-state index in [0.717, 1.165) is 25.8 Å². The predicted octanol–water partition coefficient (Wildman–Crippen LogP) is 3.94. The maximum atomic E-state index is 14.2. The van der Waals surface area contributed by atoms with Crippen LogP contribution in [-0.4, -0.2) is 81.9 Å². The summed E-state index contributed by atoms with van der Waals surface area (Å²) >= 11 is 1.19. The Morgan fingerprint density at radius 3 is 2.48 bits per heavy atom. The van der Waals surface area contributed by atoms with Crippen molar-refractivity contribution in [1.29, 1.82) is 0 Å². The number of nitrogens with zero attached hydrogens (tertiary/aromatic N) is 3. The number of hydrogen-bond donors (Lipinski definition) is 2. The van der Waals surface area contributed by atoms with E-state index in [1.165, 1.54) is 23.2 Å². The van der Waals surface area contributed by atoms with Crippen LogP contribution in [0.3, 0.4) is 0 Å². The molecule has 0 aromatic carbocycles. The molecule has 0 aliphatic carbocycles. The van der Waals surface area contributed by atoms with E-state index in [4.69, 9.17) is 4.74 Å². The summed E-state index contributed by atoms with van der Waals surface area (Å²) < 4.78 is 5.53. The van der Waals surface area contributed by atoms with Gasteiger partial charge >= 0.3 is 5.97 Å². The van der Waals surface area contributed by atoms with Crippen molar-refractivity contribution in [2.75, 3.05) is 20.3 Å². The first-order valence-corrected chi connectivity index (χ1v) is 15.4. The van der Waals surface area contributed by atoms with Gasteiger partial charge in [-0.05, 0) is 44.7 Å². The lowest BCUT2D eigenvalue weighted by Gasteiger charge is -2.39. The van der Waals surface area contributed by atoms with E-state index in [1.807, 2.05) is 46.6 Å². The first-order valence-electron chi connectivity index (χ1n) is 14.5. The van der Waals surface area contributed by atoms with Gasteiger partial charge < -0.3 is 20.1 Å². The highest BCUT2D eigenvalue weighted by Crippen LogP contribution is 2.29. The van der Waals surface area contributed by atoms with Crippen molar-refractivity contribution in [3.63, 3.8) is 0 Å². The van der Waals surface area contributed by atoms with Crippen LogP contribution in [0.15, 0.2) is 5.38 Å². The molecule has 0 spiro atoms. The van der Waals surface area contributed by atoms with Gasteiger partial charge in [-0.3, -0.25) is 24.1 Å². The average Bonchev–Trinajstić information content (AvgIpc) is 3.41. The standard InChI is InChI=1S/C29H48N4O6S/c1-8-12-25(36)39-17-33(23(18(3)4)15-24(35)28-30-21(16-40-28)20(6)34)29(38)26(19(5)9-2)31-27(37)22-13-10-11-14-32(22)7/h16,18-19,22-24,26,35H,8-15,17H2,1-7H3,(H,31,37)/t19?,22-,23-,24-,26+/m1/s1. The Hall–Kier alpha value is -2.37. The van der Waals surface area contributed by atoms with E-state index in [0.29, 0.717) is 17.8 Å². The Morgan fingerprint density at radius 1 is 1.23 bits per heavy atom. The minimum Gasteiger partial charge on any atom is -0.444 e. The lowest BCUT2D eigenvalue weighted by molar-refractivity contribution is -0.159. The summed E-state index contributed by atoms with van der Waals surface area (Å²) in [6, 6.07) is -1.64. The van der Waals surface area contributed by atoms with Crippen LogP contribution in [0.4, 0.5) is 0 Å². The number of carbonyl (C=O) groups excluding carboxylic acids is 4. The normalized spacial score (nSPS) is 19.0. The number of rotatable bonds is 15. The van der Waals surface area contributed by atoms with Gasteiger partial charge in [0.2, 0.25) is 11.8 Å². The molecule has 1 fully saturated rings. The van der Waals surface area contributed by atoms with Crippen LogP contribution in [0.25, 0.3) is 0 Å². The van der Waals surface area contributed by atoms with Gasteiger partial charge in [-0.2, -0.15) is 0 Å². The van der Waals surface area contributed by atoms with Gasteiger partial charge in [-0.25, -0.2) is 4.98 Å². The van der Waals surface area contributed by atoms with Crippen LogP contribution in [0.1, 0.15) is 108 Å². The molecule has 1 saturated heterocycles. The van der Waals surface area contributed by atoms with Crippen molar-refractivity contribution in [2.24, 2.45) is 11.8 Å². The maximum Gasteiger partial charge on any atom is 0.307 e. The number of hydrogen-bond acceptors (Lipinski definition) is 9. The van der Waals surface area contributed by atoms with Crippen molar-refractivity contribution in [3.8, 4) is 0 Å². The molecule has 11 heteroatoms. The first-order chi connectivity index (χ1) is 18.9. The minimum absolute atomic E-state index is 0.117. The smallest absolute Gasteiger partial charge is 0.307 e. The molecule has 1 aromatic heterocycles. The van der Waals surface area contributed by atoms with Crippen molar-refractivity contribution in [1.82, 2.24) is 20.1 Å².